The van der Waals surface area contributed by atoms with Crippen LogP contribution in [0.25, 0.3) is 0 Å². The van der Waals surface area contributed by atoms with E-state index < -0.39 is 29.2 Å². The van der Waals surface area contributed by atoms with Crippen molar-refractivity contribution in [1.29, 1.82) is 0 Å². The van der Waals surface area contributed by atoms with E-state index in [2.05, 4.69) is 10.2 Å². The molecule has 1 aliphatic carbocycles. The summed E-state index contributed by atoms with van der Waals surface area (Å²) < 4.78 is 84.0. The van der Waals surface area contributed by atoms with Gasteiger partial charge in [-0.05, 0) is 49.4 Å². The van der Waals surface area contributed by atoms with Crippen LogP contribution in [0.3, 0.4) is 0 Å². The van der Waals surface area contributed by atoms with Gasteiger partial charge in [0.15, 0.2) is 11.5 Å². The summed E-state index contributed by atoms with van der Waals surface area (Å²) in [5, 5.41) is 6.92. The van der Waals surface area contributed by atoms with E-state index in [1.54, 1.807) is 4.90 Å². The second-order valence-electron chi connectivity index (χ2n) is 7.54. The van der Waals surface area contributed by atoms with E-state index in [0.29, 0.717) is 19.4 Å². The number of hydrogen-bond acceptors (Lipinski definition) is 4. The number of hydrogen-bond donors (Lipinski definition) is 0. The van der Waals surface area contributed by atoms with Gasteiger partial charge in [-0.25, -0.2) is 0 Å². The van der Waals surface area contributed by atoms with E-state index in [1.807, 2.05) is 0 Å². The molecule has 1 aromatic heterocycles. The molecule has 0 radical (unpaired) electrons. The van der Waals surface area contributed by atoms with Crippen LogP contribution < -0.4 is 9.64 Å². The summed E-state index contributed by atoms with van der Waals surface area (Å²) >= 11 is 0. The average Bonchev–Trinajstić information content (AvgIpc) is 2.94. The molecule has 2 bridgehead atoms. The molecule has 2 heterocycles. The van der Waals surface area contributed by atoms with E-state index in [0.717, 1.165) is 18.6 Å². The lowest BCUT2D eigenvalue weighted by atomic mass is 9.94. The van der Waals surface area contributed by atoms with Crippen LogP contribution in [0.5, 0.6) is 5.75 Å². The molecule has 0 amide bonds. The van der Waals surface area contributed by atoms with Gasteiger partial charge in [-0.1, -0.05) is 12.1 Å². The molecule has 4 rings (SSSR count). The molecule has 0 N–H and O–H groups in total. The zero-order valence-electron chi connectivity index (χ0n) is 15.1. The Balaban J connectivity index is 1.58. The Morgan fingerprint density at radius 2 is 1.72 bits per heavy atom. The summed E-state index contributed by atoms with van der Waals surface area (Å²) in [6, 6.07) is 7.14. The lowest BCUT2D eigenvalue weighted by molar-refractivity contribution is -0.142. The van der Waals surface area contributed by atoms with Gasteiger partial charge in [0, 0.05) is 6.54 Å². The number of halogens is 6. The van der Waals surface area contributed by atoms with Crippen molar-refractivity contribution >= 4 is 5.82 Å². The summed E-state index contributed by atoms with van der Waals surface area (Å²) in [6.45, 7) is 0.780. The topological polar surface area (TPSA) is 38.2 Å². The molecule has 10 heteroatoms. The monoisotopic (exact) mass is 417 g/mol. The van der Waals surface area contributed by atoms with Crippen LogP contribution in [0.4, 0.5) is 32.2 Å². The first-order valence-electron chi connectivity index (χ1n) is 9.07. The van der Waals surface area contributed by atoms with Gasteiger partial charge in [-0.2, -0.15) is 26.3 Å². The van der Waals surface area contributed by atoms with Crippen LogP contribution in [-0.4, -0.2) is 28.9 Å². The highest BCUT2D eigenvalue weighted by atomic mass is 19.4. The minimum Gasteiger partial charge on any atom is -0.485 e. The number of anilines is 1. The maximum Gasteiger partial charge on any atom is 0.435 e. The van der Waals surface area contributed by atoms with Gasteiger partial charge in [-0.15, -0.1) is 10.2 Å². The molecule has 2 unspecified atom stereocenters. The number of benzene rings is 1. The molecule has 1 saturated carbocycles. The van der Waals surface area contributed by atoms with Crippen molar-refractivity contribution in [2.45, 2.75) is 37.2 Å². The number of alkyl halides is 6. The Labute approximate surface area is 162 Å². The molecule has 2 aliphatic rings. The van der Waals surface area contributed by atoms with Gasteiger partial charge >= 0.3 is 12.4 Å². The van der Waals surface area contributed by atoms with Gasteiger partial charge in [0.2, 0.25) is 0 Å². The second kappa shape index (κ2) is 6.77. The minimum atomic E-state index is -4.59. The third kappa shape index (κ3) is 3.97. The first kappa shape index (κ1) is 19.8. The SMILES string of the molecule is FC(F)(F)c1ccc(N2CC3CCC(Oc4ccccc4C(F)(F)F)(C3)C2)nn1. The van der Waals surface area contributed by atoms with E-state index >= 15 is 0 Å². The van der Waals surface area contributed by atoms with Crippen molar-refractivity contribution in [3.63, 3.8) is 0 Å². The van der Waals surface area contributed by atoms with Gasteiger partial charge in [0.25, 0.3) is 0 Å². The number of fused-ring (bicyclic) bond motifs is 2. The number of ether oxygens (including phenoxy) is 1. The summed E-state index contributed by atoms with van der Waals surface area (Å²) in [6.07, 6.45) is -7.21. The average molecular weight is 417 g/mol. The molecular formula is C19H17F6N3O. The Kier molecular flexibility index (Phi) is 4.62. The first-order chi connectivity index (χ1) is 13.6. The lowest BCUT2D eigenvalue weighted by Gasteiger charge is -2.41. The van der Waals surface area contributed by atoms with E-state index in [9.17, 15) is 26.3 Å². The Morgan fingerprint density at radius 1 is 0.966 bits per heavy atom. The third-order valence-electron chi connectivity index (χ3n) is 5.41. The second-order valence-corrected chi connectivity index (χ2v) is 7.54. The molecule has 0 spiro atoms. The van der Waals surface area contributed by atoms with Crippen LogP contribution in [0.15, 0.2) is 36.4 Å². The number of para-hydroxylation sites is 1. The Bertz CT molecular complexity index is 883. The number of piperidine rings is 1. The van der Waals surface area contributed by atoms with E-state index in [-0.39, 0.29) is 24.0 Å². The molecule has 1 aromatic carbocycles. The summed E-state index contributed by atoms with van der Waals surface area (Å²) in [4.78, 5) is 1.74. The van der Waals surface area contributed by atoms with Crippen LogP contribution in [0.1, 0.15) is 30.5 Å². The summed E-state index contributed by atoms with van der Waals surface area (Å²) in [7, 11) is 0. The molecule has 29 heavy (non-hydrogen) atoms. The largest absolute Gasteiger partial charge is 0.485 e. The zero-order chi connectivity index (χ0) is 20.9. The highest BCUT2D eigenvalue weighted by Gasteiger charge is 2.48. The normalized spacial score (nSPS) is 24.6. The van der Waals surface area contributed by atoms with E-state index in [1.165, 1.54) is 24.3 Å². The number of aromatic nitrogens is 2. The highest BCUT2D eigenvalue weighted by Crippen LogP contribution is 2.46. The van der Waals surface area contributed by atoms with Crippen LogP contribution in [0, 0.1) is 5.92 Å². The highest BCUT2D eigenvalue weighted by molar-refractivity contribution is 5.41. The smallest absolute Gasteiger partial charge is 0.435 e. The molecule has 2 aromatic rings. The zero-order valence-corrected chi connectivity index (χ0v) is 15.1. The molecule has 2 fully saturated rings. The van der Waals surface area contributed by atoms with Crippen molar-refractivity contribution in [2.75, 3.05) is 18.0 Å². The third-order valence-corrected chi connectivity index (χ3v) is 5.41. The van der Waals surface area contributed by atoms with Gasteiger partial charge < -0.3 is 9.64 Å². The molecule has 1 aliphatic heterocycles. The van der Waals surface area contributed by atoms with E-state index in [4.69, 9.17) is 4.74 Å². The quantitative estimate of drug-likeness (QED) is 0.663. The van der Waals surface area contributed by atoms with Gasteiger partial charge in [-0.3, -0.25) is 0 Å². The Morgan fingerprint density at radius 3 is 2.38 bits per heavy atom. The molecular weight excluding hydrogens is 400 g/mol. The van der Waals surface area contributed by atoms with Crippen LogP contribution in [-0.2, 0) is 12.4 Å². The minimum absolute atomic E-state index is 0.158. The number of nitrogens with zero attached hydrogens (tertiary/aromatic N) is 3. The van der Waals surface area contributed by atoms with Crippen LogP contribution >= 0.6 is 0 Å². The predicted molar refractivity (Wildman–Crippen MR) is 91.4 cm³/mol. The summed E-state index contributed by atoms with van der Waals surface area (Å²) in [5.41, 5.74) is -2.79. The van der Waals surface area contributed by atoms with Crippen molar-refractivity contribution in [1.82, 2.24) is 10.2 Å². The predicted octanol–water partition coefficient (Wildman–Crippen LogP) is 4.95. The molecule has 2 atom stereocenters. The van der Waals surface area contributed by atoms with Gasteiger partial charge in [0.1, 0.15) is 11.4 Å². The first-order valence-corrected chi connectivity index (χ1v) is 9.07. The summed E-state index contributed by atoms with van der Waals surface area (Å²) in [5.74, 6) is 0.175. The Hall–Kier alpha value is -2.52. The maximum absolute atomic E-state index is 13.3. The van der Waals surface area contributed by atoms with Gasteiger partial charge in [0.05, 0.1) is 12.1 Å². The lowest BCUT2D eigenvalue weighted by Crippen LogP contribution is -2.51. The number of rotatable bonds is 3. The molecule has 4 nitrogen and oxygen atoms in total. The fraction of sp³-hybridized carbons (Fsp3) is 0.474. The fourth-order valence-electron chi connectivity index (χ4n) is 4.19. The maximum atomic E-state index is 13.3. The van der Waals surface area contributed by atoms with Crippen LogP contribution in [0.2, 0.25) is 0 Å². The molecule has 156 valence electrons. The fourth-order valence-corrected chi connectivity index (χ4v) is 4.19. The standard InChI is InChI=1S/C19H17F6N3O/c20-18(21,22)13-3-1-2-4-14(13)29-17-8-7-12(9-17)10-28(11-17)16-6-5-15(26-27-16)19(23,24)25/h1-6,12H,7-11H2. The van der Waals surface area contributed by atoms with Crippen molar-refractivity contribution in [3.05, 3.63) is 47.7 Å². The molecule has 1 saturated heterocycles. The van der Waals surface area contributed by atoms with Crippen molar-refractivity contribution in [3.8, 4) is 5.75 Å². The van der Waals surface area contributed by atoms with Crippen molar-refractivity contribution < 1.29 is 31.1 Å². The van der Waals surface area contributed by atoms with Crippen molar-refractivity contribution in [2.24, 2.45) is 5.92 Å².